The highest BCUT2D eigenvalue weighted by Crippen LogP contribution is 2.24. The molecule has 2 heterocycles. The number of fused-ring (bicyclic) bond motifs is 1. The van der Waals surface area contributed by atoms with E-state index in [9.17, 15) is 9.59 Å². The van der Waals surface area contributed by atoms with Crippen LogP contribution in [-0.4, -0.2) is 26.2 Å². The molecular formula is C25H24N4O2S. The van der Waals surface area contributed by atoms with E-state index in [0.717, 1.165) is 28.8 Å². The molecule has 0 unspecified atom stereocenters. The molecule has 4 aromatic rings. The number of nitrogens with one attached hydrogen (secondary N) is 1. The molecule has 7 heteroatoms. The van der Waals surface area contributed by atoms with Crippen molar-refractivity contribution in [2.45, 2.75) is 32.3 Å². The van der Waals surface area contributed by atoms with Crippen LogP contribution in [0.15, 0.2) is 70.7 Å². The minimum Gasteiger partial charge on any atom is -0.325 e. The average molecular weight is 445 g/mol. The zero-order chi connectivity index (χ0) is 22.7. The van der Waals surface area contributed by atoms with Crippen LogP contribution in [0.3, 0.4) is 0 Å². The van der Waals surface area contributed by atoms with E-state index in [1.54, 1.807) is 24.4 Å². The van der Waals surface area contributed by atoms with Gasteiger partial charge in [0.05, 0.1) is 16.7 Å². The van der Waals surface area contributed by atoms with Gasteiger partial charge >= 0.3 is 0 Å². The van der Waals surface area contributed by atoms with Gasteiger partial charge < -0.3 is 5.32 Å². The second kappa shape index (κ2) is 9.36. The highest BCUT2D eigenvalue weighted by molar-refractivity contribution is 7.99. The molecule has 0 spiro atoms. The number of hydrogen-bond acceptors (Lipinski definition) is 5. The summed E-state index contributed by atoms with van der Waals surface area (Å²) >= 11 is 1.22. The maximum absolute atomic E-state index is 13.3. The number of thioether (sulfide) groups is 1. The number of amides is 1. The van der Waals surface area contributed by atoms with Crippen molar-refractivity contribution in [1.29, 1.82) is 0 Å². The number of aryl methyl sites for hydroxylation is 3. The Hall–Kier alpha value is -3.45. The molecule has 0 aliphatic rings. The summed E-state index contributed by atoms with van der Waals surface area (Å²) in [5, 5.41) is 3.97. The summed E-state index contributed by atoms with van der Waals surface area (Å²) < 4.78 is 1.48. The Bertz CT molecular complexity index is 1350. The van der Waals surface area contributed by atoms with E-state index < -0.39 is 0 Å². The fourth-order valence-electron chi connectivity index (χ4n) is 3.51. The van der Waals surface area contributed by atoms with Gasteiger partial charge in [-0.1, -0.05) is 55.1 Å². The highest BCUT2D eigenvalue weighted by atomic mass is 32.2. The molecule has 0 saturated heterocycles. The minimum absolute atomic E-state index is 0.119. The number of pyridine rings is 1. The Kier molecular flexibility index (Phi) is 6.37. The van der Waals surface area contributed by atoms with Crippen molar-refractivity contribution in [2.24, 2.45) is 0 Å². The zero-order valence-electron chi connectivity index (χ0n) is 18.3. The molecule has 0 atom stereocenters. The Morgan fingerprint density at radius 1 is 1.06 bits per heavy atom. The van der Waals surface area contributed by atoms with Gasteiger partial charge in [-0.3, -0.25) is 9.59 Å². The first kappa shape index (κ1) is 21.8. The van der Waals surface area contributed by atoms with Crippen LogP contribution in [0.2, 0.25) is 0 Å². The SMILES string of the molecule is CCc1cccc(C)c1NC(=O)CSc1nc2ccccc2c(=O)n1-c1ccc(C)cn1. The first-order valence-electron chi connectivity index (χ1n) is 10.4. The zero-order valence-corrected chi connectivity index (χ0v) is 19.1. The molecule has 162 valence electrons. The molecule has 2 aromatic heterocycles. The van der Waals surface area contributed by atoms with Crippen molar-refractivity contribution < 1.29 is 4.79 Å². The summed E-state index contributed by atoms with van der Waals surface area (Å²) in [6.45, 7) is 5.98. The van der Waals surface area contributed by atoms with Gasteiger partial charge in [0.25, 0.3) is 5.56 Å². The molecule has 32 heavy (non-hydrogen) atoms. The van der Waals surface area contributed by atoms with E-state index in [4.69, 9.17) is 0 Å². The maximum Gasteiger partial charge on any atom is 0.267 e. The second-order valence-electron chi connectivity index (χ2n) is 7.55. The minimum atomic E-state index is -0.206. The lowest BCUT2D eigenvalue weighted by molar-refractivity contribution is -0.113. The Morgan fingerprint density at radius 3 is 2.62 bits per heavy atom. The van der Waals surface area contributed by atoms with Crippen LogP contribution in [0.25, 0.3) is 16.7 Å². The van der Waals surface area contributed by atoms with Crippen molar-refractivity contribution in [3.8, 4) is 5.82 Å². The summed E-state index contributed by atoms with van der Waals surface area (Å²) in [5.74, 6) is 0.451. The van der Waals surface area contributed by atoms with Gasteiger partial charge in [0.15, 0.2) is 5.16 Å². The van der Waals surface area contributed by atoms with E-state index in [0.29, 0.717) is 21.9 Å². The van der Waals surface area contributed by atoms with E-state index in [2.05, 4.69) is 22.2 Å². The second-order valence-corrected chi connectivity index (χ2v) is 8.49. The van der Waals surface area contributed by atoms with Crippen LogP contribution in [-0.2, 0) is 11.2 Å². The summed E-state index contributed by atoms with van der Waals surface area (Å²) in [6.07, 6.45) is 2.54. The standard InChI is InChI=1S/C25H24N4O2S/c1-4-18-9-7-8-17(3)23(18)28-22(30)15-32-25-27-20-11-6-5-10-19(20)24(31)29(25)21-13-12-16(2)14-26-21/h5-14H,4,15H2,1-3H3,(H,28,30). The number of nitrogens with zero attached hydrogens (tertiary/aromatic N) is 3. The number of carbonyl (C=O) groups is 1. The molecule has 0 radical (unpaired) electrons. The quantitative estimate of drug-likeness (QED) is 0.345. The predicted octanol–water partition coefficient (Wildman–Crippen LogP) is 4.69. The third-order valence-electron chi connectivity index (χ3n) is 5.21. The molecule has 1 amide bonds. The normalized spacial score (nSPS) is 11.0. The van der Waals surface area contributed by atoms with Gasteiger partial charge in [-0.15, -0.1) is 0 Å². The number of benzene rings is 2. The van der Waals surface area contributed by atoms with Crippen molar-refractivity contribution >= 4 is 34.3 Å². The van der Waals surface area contributed by atoms with Crippen LogP contribution in [0, 0.1) is 13.8 Å². The smallest absolute Gasteiger partial charge is 0.267 e. The van der Waals surface area contributed by atoms with Crippen LogP contribution in [0.1, 0.15) is 23.6 Å². The third-order valence-corrected chi connectivity index (χ3v) is 6.15. The Morgan fingerprint density at radius 2 is 1.88 bits per heavy atom. The molecule has 0 aliphatic heterocycles. The lowest BCUT2D eigenvalue weighted by Gasteiger charge is -2.14. The van der Waals surface area contributed by atoms with Gasteiger partial charge in [-0.2, -0.15) is 0 Å². The Balaban J connectivity index is 1.67. The predicted molar refractivity (Wildman–Crippen MR) is 130 cm³/mol. The summed E-state index contributed by atoms with van der Waals surface area (Å²) in [6, 6.07) is 16.9. The topological polar surface area (TPSA) is 76.9 Å². The number of aromatic nitrogens is 3. The fraction of sp³-hybridized carbons (Fsp3) is 0.200. The molecule has 0 aliphatic carbocycles. The summed E-state index contributed by atoms with van der Waals surface area (Å²) in [4.78, 5) is 35.1. The number of rotatable bonds is 6. The fourth-order valence-corrected chi connectivity index (χ4v) is 4.31. The van der Waals surface area contributed by atoms with E-state index in [1.165, 1.54) is 16.3 Å². The summed E-state index contributed by atoms with van der Waals surface area (Å²) in [5.41, 5.74) is 4.34. The summed E-state index contributed by atoms with van der Waals surface area (Å²) in [7, 11) is 0. The Labute approximate surface area is 190 Å². The molecule has 6 nitrogen and oxygen atoms in total. The van der Waals surface area contributed by atoms with Crippen molar-refractivity contribution in [2.75, 3.05) is 11.1 Å². The van der Waals surface area contributed by atoms with Crippen LogP contribution in [0.4, 0.5) is 5.69 Å². The van der Waals surface area contributed by atoms with Gasteiger partial charge in [-0.05, 0) is 55.2 Å². The van der Waals surface area contributed by atoms with Gasteiger partial charge in [0.1, 0.15) is 5.82 Å². The molecular weight excluding hydrogens is 420 g/mol. The molecule has 1 N–H and O–H groups in total. The van der Waals surface area contributed by atoms with E-state index in [-0.39, 0.29) is 17.2 Å². The molecule has 0 fully saturated rings. The molecule has 4 rings (SSSR count). The highest BCUT2D eigenvalue weighted by Gasteiger charge is 2.16. The maximum atomic E-state index is 13.3. The number of anilines is 1. The largest absolute Gasteiger partial charge is 0.325 e. The van der Waals surface area contributed by atoms with Crippen LogP contribution >= 0.6 is 11.8 Å². The lowest BCUT2D eigenvalue weighted by atomic mass is 10.1. The number of para-hydroxylation sites is 2. The van der Waals surface area contributed by atoms with Crippen molar-refractivity contribution in [3.63, 3.8) is 0 Å². The van der Waals surface area contributed by atoms with Gasteiger partial charge in [-0.25, -0.2) is 14.5 Å². The van der Waals surface area contributed by atoms with Crippen LogP contribution < -0.4 is 10.9 Å². The molecule has 0 saturated carbocycles. The van der Waals surface area contributed by atoms with Gasteiger partial charge in [0, 0.05) is 11.9 Å². The van der Waals surface area contributed by atoms with E-state index >= 15 is 0 Å². The van der Waals surface area contributed by atoms with E-state index in [1.807, 2.05) is 50.2 Å². The average Bonchev–Trinajstić information content (AvgIpc) is 2.80. The number of carbonyl (C=O) groups excluding carboxylic acids is 1. The first-order chi connectivity index (χ1) is 15.5. The lowest BCUT2D eigenvalue weighted by Crippen LogP contribution is -2.23. The number of hydrogen-bond donors (Lipinski definition) is 1. The van der Waals surface area contributed by atoms with Crippen molar-refractivity contribution in [1.82, 2.24) is 14.5 Å². The third kappa shape index (κ3) is 4.43. The van der Waals surface area contributed by atoms with Crippen molar-refractivity contribution in [3.05, 3.63) is 87.8 Å². The molecule has 2 aromatic carbocycles. The first-order valence-corrected chi connectivity index (χ1v) is 11.4. The van der Waals surface area contributed by atoms with Crippen LogP contribution in [0.5, 0.6) is 0 Å². The molecule has 0 bridgehead atoms. The monoisotopic (exact) mass is 444 g/mol. The van der Waals surface area contributed by atoms with Gasteiger partial charge in [0.2, 0.25) is 5.91 Å².